The Kier molecular flexibility index (Phi) is 2.03. The molecule has 15 heavy (non-hydrogen) atoms. The van der Waals surface area contributed by atoms with E-state index in [-0.39, 0.29) is 0 Å². The zero-order chi connectivity index (χ0) is 10.1. The second-order valence-corrected chi connectivity index (χ2v) is 3.62. The number of fused-ring (bicyclic) bond motifs is 1. The molecule has 1 N–H and O–H groups in total. The van der Waals surface area contributed by atoms with E-state index in [9.17, 15) is 0 Å². The lowest BCUT2D eigenvalue weighted by Gasteiger charge is -2.15. The molecule has 78 valence electrons. The van der Waals surface area contributed by atoms with Gasteiger partial charge in [-0.2, -0.15) is 0 Å². The van der Waals surface area contributed by atoms with Gasteiger partial charge in [-0.1, -0.05) is 0 Å². The van der Waals surface area contributed by atoms with Gasteiger partial charge in [-0.3, -0.25) is 0 Å². The van der Waals surface area contributed by atoms with E-state index < -0.39 is 0 Å². The van der Waals surface area contributed by atoms with Crippen molar-refractivity contribution < 1.29 is 4.42 Å². The fourth-order valence-electron chi connectivity index (χ4n) is 1.85. The predicted molar refractivity (Wildman–Crippen MR) is 53.2 cm³/mol. The van der Waals surface area contributed by atoms with Gasteiger partial charge in [-0.25, -0.2) is 0 Å². The number of furan rings is 1. The van der Waals surface area contributed by atoms with E-state index in [1.165, 1.54) is 0 Å². The van der Waals surface area contributed by atoms with E-state index in [2.05, 4.69) is 20.1 Å². The normalized spacial score (nSPS) is 15.2. The molecule has 0 aromatic carbocycles. The summed E-state index contributed by atoms with van der Waals surface area (Å²) in [4.78, 5) is 0. The minimum absolute atomic E-state index is 0.722. The lowest BCUT2D eigenvalue weighted by atomic mass is 10.3. The molecule has 0 atom stereocenters. The molecule has 1 aliphatic rings. The minimum Gasteiger partial charge on any atom is -0.469 e. The summed E-state index contributed by atoms with van der Waals surface area (Å²) in [7, 11) is 0. The molecule has 0 radical (unpaired) electrons. The van der Waals surface area contributed by atoms with Crippen molar-refractivity contribution in [2.45, 2.75) is 19.5 Å². The molecule has 5 nitrogen and oxygen atoms in total. The van der Waals surface area contributed by atoms with Crippen LogP contribution in [0.15, 0.2) is 22.8 Å². The molecule has 0 fully saturated rings. The average Bonchev–Trinajstić information content (AvgIpc) is 2.89. The van der Waals surface area contributed by atoms with Crippen molar-refractivity contribution in [2.75, 3.05) is 6.54 Å². The second-order valence-electron chi connectivity index (χ2n) is 3.62. The van der Waals surface area contributed by atoms with Crippen LogP contribution in [0.5, 0.6) is 0 Å². The molecule has 5 heteroatoms. The number of nitrogens with one attached hydrogen (secondary N) is 1. The molecule has 0 spiro atoms. The van der Waals surface area contributed by atoms with Gasteiger partial charge in [-0.05, 0) is 12.1 Å². The van der Waals surface area contributed by atoms with E-state index >= 15 is 0 Å². The average molecular weight is 204 g/mol. The van der Waals surface area contributed by atoms with Crippen LogP contribution in [-0.4, -0.2) is 21.3 Å². The first-order valence-corrected chi connectivity index (χ1v) is 5.07. The van der Waals surface area contributed by atoms with Crippen molar-refractivity contribution in [3.63, 3.8) is 0 Å². The van der Waals surface area contributed by atoms with Gasteiger partial charge in [0, 0.05) is 13.1 Å². The first-order valence-electron chi connectivity index (χ1n) is 5.07. The van der Waals surface area contributed by atoms with E-state index in [4.69, 9.17) is 4.42 Å². The highest BCUT2D eigenvalue weighted by Gasteiger charge is 2.15. The summed E-state index contributed by atoms with van der Waals surface area (Å²) in [6.45, 7) is 2.74. The maximum Gasteiger partial charge on any atom is 0.147 e. The first-order chi connectivity index (χ1) is 7.43. The summed E-state index contributed by atoms with van der Waals surface area (Å²) in [5.41, 5.74) is 0. The SMILES string of the molecule is c1coc(Cc2nnc3n2CCNC3)c1. The lowest BCUT2D eigenvalue weighted by Crippen LogP contribution is -2.29. The zero-order valence-corrected chi connectivity index (χ0v) is 8.31. The molecule has 0 aliphatic carbocycles. The van der Waals surface area contributed by atoms with E-state index in [1.807, 2.05) is 12.1 Å². The van der Waals surface area contributed by atoms with Gasteiger partial charge in [0.15, 0.2) is 0 Å². The van der Waals surface area contributed by atoms with Crippen molar-refractivity contribution in [1.29, 1.82) is 0 Å². The maximum absolute atomic E-state index is 5.30. The molecule has 2 aromatic rings. The van der Waals surface area contributed by atoms with Crippen molar-refractivity contribution in [3.8, 4) is 0 Å². The fourth-order valence-corrected chi connectivity index (χ4v) is 1.85. The Morgan fingerprint density at radius 2 is 2.47 bits per heavy atom. The Labute approximate surface area is 87.1 Å². The highest BCUT2D eigenvalue weighted by Crippen LogP contribution is 2.11. The highest BCUT2D eigenvalue weighted by atomic mass is 16.3. The van der Waals surface area contributed by atoms with E-state index in [0.717, 1.165) is 43.5 Å². The monoisotopic (exact) mass is 204 g/mol. The first kappa shape index (κ1) is 8.67. The molecule has 0 saturated carbocycles. The van der Waals surface area contributed by atoms with Crippen LogP contribution in [0.4, 0.5) is 0 Å². The van der Waals surface area contributed by atoms with Crippen molar-refractivity contribution in [3.05, 3.63) is 35.8 Å². The zero-order valence-electron chi connectivity index (χ0n) is 8.31. The molecule has 0 bridgehead atoms. The van der Waals surface area contributed by atoms with Crippen molar-refractivity contribution in [2.24, 2.45) is 0 Å². The highest BCUT2D eigenvalue weighted by molar-refractivity contribution is 5.09. The van der Waals surface area contributed by atoms with Gasteiger partial charge < -0.3 is 14.3 Å². The molecular formula is C10H12N4O. The fraction of sp³-hybridized carbons (Fsp3) is 0.400. The van der Waals surface area contributed by atoms with Crippen LogP contribution in [0.1, 0.15) is 17.4 Å². The maximum atomic E-state index is 5.30. The molecule has 0 saturated heterocycles. The standard InChI is InChI=1S/C10H12N4O/c1-2-8(15-5-1)6-9-12-13-10-7-11-3-4-14(9)10/h1-2,5,11H,3-4,6-7H2. The summed E-state index contributed by atoms with van der Waals surface area (Å²) in [6, 6.07) is 3.85. The molecule has 0 amide bonds. The van der Waals surface area contributed by atoms with Crippen molar-refractivity contribution >= 4 is 0 Å². The van der Waals surface area contributed by atoms with Crippen LogP contribution >= 0.6 is 0 Å². The Bertz CT molecular complexity index is 446. The summed E-state index contributed by atoms with van der Waals surface area (Å²) in [5.74, 6) is 2.94. The van der Waals surface area contributed by atoms with Gasteiger partial charge in [-0.15, -0.1) is 10.2 Å². The van der Waals surface area contributed by atoms with Gasteiger partial charge in [0.25, 0.3) is 0 Å². The number of hydrogen-bond acceptors (Lipinski definition) is 4. The van der Waals surface area contributed by atoms with Crippen LogP contribution in [0.2, 0.25) is 0 Å². The molecule has 3 heterocycles. The quantitative estimate of drug-likeness (QED) is 0.776. The molecule has 2 aromatic heterocycles. The second kappa shape index (κ2) is 3.51. The third-order valence-corrected chi connectivity index (χ3v) is 2.61. The minimum atomic E-state index is 0.722. The smallest absolute Gasteiger partial charge is 0.147 e. The van der Waals surface area contributed by atoms with Crippen molar-refractivity contribution in [1.82, 2.24) is 20.1 Å². The van der Waals surface area contributed by atoms with Gasteiger partial charge in [0.1, 0.15) is 17.4 Å². The van der Waals surface area contributed by atoms with Crippen LogP contribution in [0, 0.1) is 0 Å². The van der Waals surface area contributed by atoms with Gasteiger partial charge in [0.05, 0.1) is 19.2 Å². The van der Waals surface area contributed by atoms with Crippen LogP contribution < -0.4 is 5.32 Å². The summed E-state index contributed by atoms with van der Waals surface area (Å²) < 4.78 is 7.47. The number of hydrogen-bond donors (Lipinski definition) is 1. The summed E-state index contributed by atoms with van der Waals surface area (Å²) in [5, 5.41) is 11.6. The van der Waals surface area contributed by atoms with Crippen LogP contribution in [0.3, 0.4) is 0 Å². The number of rotatable bonds is 2. The number of aromatic nitrogens is 3. The lowest BCUT2D eigenvalue weighted by molar-refractivity contribution is 0.480. The van der Waals surface area contributed by atoms with Crippen LogP contribution in [-0.2, 0) is 19.5 Å². The summed E-state index contributed by atoms with van der Waals surface area (Å²) >= 11 is 0. The largest absolute Gasteiger partial charge is 0.469 e. The van der Waals surface area contributed by atoms with Crippen LogP contribution in [0.25, 0.3) is 0 Å². The molecular weight excluding hydrogens is 192 g/mol. The molecule has 0 unspecified atom stereocenters. The van der Waals surface area contributed by atoms with E-state index in [1.54, 1.807) is 6.26 Å². The summed E-state index contributed by atoms with van der Waals surface area (Å²) in [6.07, 6.45) is 2.41. The third-order valence-electron chi connectivity index (χ3n) is 2.61. The molecule has 3 rings (SSSR count). The Morgan fingerprint density at radius 3 is 3.33 bits per heavy atom. The topological polar surface area (TPSA) is 55.9 Å². The predicted octanol–water partition coefficient (Wildman–Crippen LogP) is 0.565. The third kappa shape index (κ3) is 1.55. The Balaban J connectivity index is 1.89. The van der Waals surface area contributed by atoms with Gasteiger partial charge in [0.2, 0.25) is 0 Å². The number of nitrogens with zero attached hydrogens (tertiary/aromatic N) is 3. The molecule has 1 aliphatic heterocycles. The Hall–Kier alpha value is -1.62. The van der Waals surface area contributed by atoms with E-state index in [0.29, 0.717) is 0 Å². The Morgan fingerprint density at radius 1 is 1.47 bits per heavy atom. The van der Waals surface area contributed by atoms with Gasteiger partial charge >= 0.3 is 0 Å².